The Morgan fingerprint density at radius 1 is 0.838 bits per heavy atom. The number of para-hydroxylation sites is 1. The molecule has 1 atom stereocenters. The molecule has 0 aliphatic carbocycles. The number of hydrogen-bond acceptors (Lipinski definition) is 3. The summed E-state index contributed by atoms with van der Waals surface area (Å²) in [7, 11) is 0. The van der Waals surface area contributed by atoms with E-state index < -0.39 is 0 Å². The number of phenolic OH excluding ortho intramolecular Hbond substituents is 1. The lowest BCUT2D eigenvalue weighted by Crippen LogP contribution is -2.15. The molecular formula is C32H42Br2O3. The molecular weight excluding hydrogens is 592 g/mol. The van der Waals surface area contributed by atoms with E-state index in [1.165, 1.54) is 64.2 Å². The second kappa shape index (κ2) is 15.7. The summed E-state index contributed by atoms with van der Waals surface area (Å²) < 4.78 is 7.22. The van der Waals surface area contributed by atoms with Crippen LogP contribution in [0.5, 0.6) is 5.75 Å². The van der Waals surface area contributed by atoms with E-state index >= 15 is 0 Å². The second-order valence-corrected chi connectivity index (χ2v) is 11.9. The number of aryl methyl sites for hydroxylation is 1. The molecule has 3 nitrogen and oxygen atoms in total. The molecule has 1 N–H and O–H groups in total. The summed E-state index contributed by atoms with van der Waals surface area (Å²) in [5, 5.41) is 11.2. The highest BCUT2D eigenvalue weighted by atomic mass is 79.9. The summed E-state index contributed by atoms with van der Waals surface area (Å²) in [4.78, 5) is 13.9. The van der Waals surface area contributed by atoms with Gasteiger partial charge < -0.3 is 9.52 Å². The highest BCUT2D eigenvalue weighted by Gasteiger charge is 2.29. The maximum absolute atomic E-state index is 13.9. The lowest BCUT2D eigenvalue weighted by atomic mass is 9.84. The largest absolute Gasteiger partial charge is 0.506 e. The van der Waals surface area contributed by atoms with Gasteiger partial charge in [0.2, 0.25) is 0 Å². The predicted octanol–water partition coefficient (Wildman–Crippen LogP) is 11.3. The quantitative estimate of drug-likeness (QED) is 0.119. The fourth-order valence-electron chi connectivity index (χ4n) is 5.27. The van der Waals surface area contributed by atoms with Gasteiger partial charge in [0, 0.05) is 22.9 Å². The van der Waals surface area contributed by atoms with E-state index in [-0.39, 0.29) is 17.5 Å². The van der Waals surface area contributed by atoms with Crippen molar-refractivity contribution in [3.8, 4) is 5.75 Å². The molecule has 0 saturated carbocycles. The highest BCUT2D eigenvalue weighted by Crippen LogP contribution is 2.40. The van der Waals surface area contributed by atoms with Crippen LogP contribution in [0.15, 0.2) is 49.8 Å². The van der Waals surface area contributed by atoms with Crippen LogP contribution in [0.25, 0.3) is 11.0 Å². The number of aromatic hydroxyl groups is 1. The van der Waals surface area contributed by atoms with Crippen molar-refractivity contribution < 1.29 is 14.3 Å². The van der Waals surface area contributed by atoms with Gasteiger partial charge in [-0.15, -0.1) is 0 Å². The number of phenols is 1. The van der Waals surface area contributed by atoms with Gasteiger partial charge in [0.25, 0.3) is 0 Å². The average Bonchev–Trinajstić information content (AvgIpc) is 3.28. The number of unbranched alkanes of at least 4 members (excludes halogenated alkanes) is 11. The Balaban J connectivity index is 1.65. The van der Waals surface area contributed by atoms with Gasteiger partial charge in [-0.1, -0.05) is 109 Å². The predicted molar refractivity (Wildman–Crippen MR) is 162 cm³/mol. The van der Waals surface area contributed by atoms with Crippen molar-refractivity contribution in [1.29, 1.82) is 0 Å². The number of benzene rings is 2. The lowest BCUT2D eigenvalue weighted by molar-refractivity contribution is 0.0953. The van der Waals surface area contributed by atoms with Crippen molar-refractivity contribution in [2.75, 3.05) is 0 Å². The van der Waals surface area contributed by atoms with Crippen molar-refractivity contribution in [3.63, 3.8) is 0 Å². The minimum absolute atomic E-state index is 0.0747. The third-order valence-electron chi connectivity index (χ3n) is 7.34. The third-order valence-corrected chi connectivity index (χ3v) is 8.55. The summed E-state index contributed by atoms with van der Waals surface area (Å²) in [5.41, 5.74) is 2.47. The zero-order valence-electron chi connectivity index (χ0n) is 22.5. The van der Waals surface area contributed by atoms with Crippen LogP contribution in [0, 0.1) is 0 Å². The first kappa shape index (κ1) is 30.0. The van der Waals surface area contributed by atoms with Crippen LogP contribution in [0.3, 0.4) is 0 Å². The van der Waals surface area contributed by atoms with E-state index in [2.05, 4.69) is 51.8 Å². The van der Waals surface area contributed by atoms with Crippen LogP contribution in [0.2, 0.25) is 0 Å². The molecule has 0 aliphatic heterocycles. The number of furan rings is 1. The summed E-state index contributed by atoms with van der Waals surface area (Å²) in [6, 6.07) is 11.5. The topological polar surface area (TPSA) is 50.4 Å². The summed E-state index contributed by atoms with van der Waals surface area (Å²) in [6.45, 7) is 4.35. The van der Waals surface area contributed by atoms with Gasteiger partial charge in [-0.25, -0.2) is 0 Å². The highest BCUT2D eigenvalue weighted by molar-refractivity contribution is 9.11. The molecule has 1 heterocycles. The molecule has 0 bridgehead atoms. The number of fused-ring (bicyclic) bond motifs is 1. The Morgan fingerprint density at radius 2 is 1.38 bits per heavy atom. The lowest BCUT2D eigenvalue weighted by Gasteiger charge is -2.18. The number of carbonyl (C=O) groups excluding carboxylic acids is 1. The summed E-state index contributed by atoms with van der Waals surface area (Å²) in [5.74, 6) is 0.809. The third kappa shape index (κ3) is 8.45. The van der Waals surface area contributed by atoms with Gasteiger partial charge in [-0.3, -0.25) is 4.79 Å². The van der Waals surface area contributed by atoms with E-state index in [1.807, 2.05) is 18.2 Å². The Hall–Kier alpha value is -1.59. The molecule has 0 radical (unpaired) electrons. The molecule has 2 aromatic carbocycles. The minimum atomic E-state index is -0.273. The molecule has 0 aliphatic rings. The average molecular weight is 634 g/mol. The van der Waals surface area contributed by atoms with E-state index in [0.29, 0.717) is 14.5 Å². The number of ketones is 1. The smallest absolute Gasteiger partial charge is 0.170 e. The Kier molecular flexibility index (Phi) is 12.7. The molecule has 1 unspecified atom stereocenters. The van der Waals surface area contributed by atoms with Crippen molar-refractivity contribution in [2.45, 2.75) is 110 Å². The van der Waals surface area contributed by atoms with Crippen molar-refractivity contribution in [1.82, 2.24) is 0 Å². The van der Waals surface area contributed by atoms with Gasteiger partial charge in [0.15, 0.2) is 5.78 Å². The number of Topliss-reactive ketones (excluding diaryl/α,β-unsaturated/α-hetero) is 1. The van der Waals surface area contributed by atoms with Gasteiger partial charge in [0.1, 0.15) is 17.1 Å². The van der Waals surface area contributed by atoms with Crippen molar-refractivity contribution >= 4 is 48.6 Å². The zero-order valence-corrected chi connectivity index (χ0v) is 25.6. The van der Waals surface area contributed by atoms with Crippen LogP contribution >= 0.6 is 31.9 Å². The van der Waals surface area contributed by atoms with Gasteiger partial charge in [-0.2, -0.15) is 0 Å². The molecule has 202 valence electrons. The first-order valence-corrected chi connectivity index (χ1v) is 15.8. The molecule has 0 amide bonds. The van der Waals surface area contributed by atoms with E-state index in [0.717, 1.165) is 48.0 Å². The monoisotopic (exact) mass is 632 g/mol. The normalized spacial score (nSPS) is 12.3. The SMILES string of the molecule is CCCCCCCCCCCCCCC(C(=O)c1cc(Br)c(O)c(Br)c1)c1c(CC)oc2ccccc12. The maximum atomic E-state index is 13.9. The zero-order chi connectivity index (χ0) is 26.6. The number of hydrogen-bond donors (Lipinski definition) is 1. The molecule has 37 heavy (non-hydrogen) atoms. The van der Waals surface area contributed by atoms with Crippen molar-refractivity contribution in [2.24, 2.45) is 0 Å². The second-order valence-electron chi connectivity index (χ2n) is 10.2. The van der Waals surface area contributed by atoms with Crippen LogP contribution in [0.4, 0.5) is 0 Å². The summed E-state index contributed by atoms with van der Waals surface area (Å²) in [6.07, 6.45) is 17.1. The van der Waals surface area contributed by atoms with Crippen LogP contribution in [0.1, 0.15) is 125 Å². The van der Waals surface area contributed by atoms with Gasteiger partial charge in [0.05, 0.1) is 14.9 Å². The fourth-order valence-corrected chi connectivity index (χ4v) is 6.45. The number of rotatable bonds is 17. The van der Waals surface area contributed by atoms with Crippen LogP contribution < -0.4 is 0 Å². The Morgan fingerprint density at radius 3 is 1.95 bits per heavy atom. The van der Waals surface area contributed by atoms with Gasteiger partial charge in [-0.05, 0) is 56.5 Å². The Bertz CT molecular complexity index is 1110. The molecule has 5 heteroatoms. The fraction of sp³-hybridized carbons (Fsp3) is 0.531. The van der Waals surface area contributed by atoms with Crippen LogP contribution in [-0.2, 0) is 6.42 Å². The van der Waals surface area contributed by atoms with E-state index in [9.17, 15) is 9.90 Å². The molecule has 0 spiro atoms. The van der Waals surface area contributed by atoms with Crippen molar-refractivity contribution in [3.05, 3.63) is 62.2 Å². The number of carbonyl (C=O) groups is 1. The minimum Gasteiger partial charge on any atom is -0.506 e. The molecule has 3 aromatic rings. The Labute approximate surface area is 239 Å². The maximum Gasteiger partial charge on any atom is 0.170 e. The first-order valence-electron chi connectivity index (χ1n) is 14.2. The molecule has 0 fully saturated rings. The van der Waals surface area contributed by atoms with Crippen LogP contribution in [-0.4, -0.2) is 10.9 Å². The van der Waals surface area contributed by atoms with Gasteiger partial charge >= 0.3 is 0 Å². The standard InChI is InChI=1S/C32H42Br2O3/c1-3-5-6-7-8-9-10-11-12-13-14-15-19-25(31(35)23-21-26(33)32(36)27(34)22-23)30-24-18-16-17-20-29(24)37-28(30)4-2/h16-18,20-22,25,36H,3-15,19H2,1-2H3. The first-order chi connectivity index (χ1) is 18.0. The van der Waals surface area contributed by atoms with E-state index in [4.69, 9.17) is 4.42 Å². The molecule has 3 rings (SSSR count). The molecule has 1 aromatic heterocycles. The van der Waals surface area contributed by atoms with E-state index in [1.54, 1.807) is 12.1 Å². The molecule has 0 saturated heterocycles. The number of halogens is 2. The summed E-state index contributed by atoms with van der Waals surface area (Å²) >= 11 is 6.79.